The SMILES string of the molecule is O=C(N[C@H]1CCCCC/C=C\[C@H]2C[C@@]2(C(=O)NS(=O)(=O)Nc2ccc(Cl)cc2)NC(=O)[C@@H]2C[C@@H](OC(=O)N3Cc4cccc(F)c4C3)CN2C1=O)OC1CCCC1. The van der Waals surface area contributed by atoms with Crippen molar-refractivity contribution in [2.45, 2.75) is 114 Å². The topological polar surface area (TPSA) is 193 Å². The van der Waals surface area contributed by atoms with Gasteiger partial charge in [0.1, 0.15) is 35.6 Å². The highest BCUT2D eigenvalue weighted by Crippen LogP contribution is 2.46. The third-order valence-corrected chi connectivity index (χ3v) is 12.5. The fourth-order valence-corrected chi connectivity index (χ4v) is 9.19. The van der Waals surface area contributed by atoms with E-state index in [9.17, 15) is 36.8 Å². The molecule has 0 radical (unpaired) electrons. The number of nitrogens with zero attached hydrogens (tertiary/aromatic N) is 2. The Hall–Kier alpha value is -4.90. The van der Waals surface area contributed by atoms with Gasteiger partial charge in [0, 0.05) is 29.5 Å². The van der Waals surface area contributed by atoms with Crippen LogP contribution in [-0.2, 0) is 47.2 Å². The maximum absolute atomic E-state index is 14.5. The maximum Gasteiger partial charge on any atom is 0.410 e. The number of nitrogens with one attached hydrogen (secondary N) is 4. The molecule has 18 heteroatoms. The number of amides is 5. The van der Waals surface area contributed by atoms with Crippen molar-refractivity contribution in [3.63, 3.8) is 0 Å². The predicted molar refractivity (Wildman–Crippen MR) is 205 cm³/mol. The van der Waals surface area contributed by atoms with Crippen LogP contribution in [0, 0.1) is 11.7 Å². The van der Waals surface area contributed by atoms with Crippen LogP contribution in [0.1, 0.15) is 81.8 Å². The van der Waals surface area contributed by atoms with Crippen LogP contribution >= 0.6 is 11.6 Å². The standard InChI is InChI=1S/C39H46ClFN6O9S/c40-26-15-17-27(18-16-26)44-57(53,54)45-36(50)39-20-25(39)10-4-2-1-3-5-14-32(42-37(51)55-28-11-6-7-12-28)35(49)47-22-29(19-33(47)34(48)43-39)56-38(52)46-21-24-9-8-13-31(41)30(24)23-46/h4,8-10,13,15-18,25,28-29,32-33,44H,1-3,5-7,11-12,14,19-23H2,(H,42,51)(H,43,48)(H,45,50)/b10-4-/t25-,29+,32-,33-,39+/m0/s1. The van der Waals surface area contributed by atoms with Gasteiger partial charge in [-0.15, -0.1) is 0 Å². The quantitative estimate of drug-likeness (QED) is 0.284. The molecule has 2 saturated carbocycles. The molecule has 5 amide bonds. The smallest absolute Gasteiger partial charge is 0.410 e. The second-order valence-electron chi connectivity index (χ2n) is 15.4. The van der Waals surface area contributed by atoms with Crippen molar-refractivity contribution < 1.29 is 46.3 Å². The molecule has 0 spiro atoms. The Bertz CT molecular complexity index is 2030. The summed E-state index contributed by atoms with van der Waals surface area (Å²) in [4.78, 5) is 71.7. The summed E-state index contributed by atoms with van der Waals surface area (Å²) < 4.78 is 56.5. The number of carbonyl (C=O) groups is 5. The largest absolute Gasteiger partial charge is 0.446 e. The van der Waals surface area contributed by atoms with E-state index in [0.717, 1.165) is 32.1 Å². The average Bonchev–Trinajstić information content (AvgIpc) is 3.59. The summed E-state index contributed by atoms with van der Waals surface area (Å²) in [6, 6.07) is 8.04. The van der Waals surface area contributed by atoms with Gasteiger partial charge in [0.15, 0.2) is 0 Å². The van der Waals surface area contributed by atoms with Crippen molar-refractivity contribution in [3.05, 3.63) is 76.6 Å². The average molecular weight is 829 g/mol. The fraction of sp³-hybridized carbons (Fsp3) is 0.513. The minimum Gasteiger partial charge on any atom is -0.446 e. The molecular formula is C39H46ClFN6O9S. The van der Waals surface area contributed by atoms with E-state index in [4.69, 9.17) is 21.1 Å². The van der Waals surface area contributed by atoms with Crippen LogP contribution in [-0.4, -0.2) is 84.5 Å². The van der Waals surface area contributed by atoms with Crippen molar-refractivity contribution in [1.82, 2.24) is 25.2 Å². The summed E-state index contributed by atoms with van der Waals surface area (Å²) in [7, 11) is -4.47. The number of hydrogen-bond acceptors (Lipinski definition) is 9. The molecule has 0 bridgehead atoms. The highest BCUT2D eigenvalue weighted by molar-refractivity contribution is 7.91. The number of benzene rings is 2. The van der Waals surface area contributed by atoms with Gasteiger partial charge in [-0.05, 0) is 87.3 Å². The number of halogens is 2. The first-order chi connectivity index (χ1) is 27.3. The molecule has 15 nitrogen and oxygen atoms in total. The van der Waals surface area contributed by atoms with Crippen LogP contribution in [0.3, 0.4) is 0 Å². The van der Waals surface area contributed by atoms with E-state index in [0.29, 0.717) is 35.4 Å². The van der Waals surface area contributed by atoms with Crippen LogP contribution in [0.5, 0.6) is 0 Å². The monoisotopic (exact) mass is 828 g/mol. The van der Waals surface area contributed by atoms with Gasteiger partial charge in [-0.25, -0.2) is 18.7 Å². The molecule has 0 aromatic heterocycles. The predicted octanol–water partition coefficient (Wildman–Crippen LogP) is 4.81. The molecule has 5 atom stereocenters. The molecule has 3 heterocycles. The molecule has 2 aromatic rings. The summed E-state index contributed by atoms with van der Waals surface area (Å²) >= 11 is 5.92. The van der Waals surface area contributed by atoms with E-state index in [1.807, 2.05) is 10.8 Å². The normalized spacial score (nSPS) is 27.1. The van der Waals surface area contributed by atoms with Gasteiger partial charge >= 0.3 is 22.4 Å². The Kier molecular flexibility index (Phi) is 12.0. The Morgan fingerprint density at radius 1 is 0.930 bits per heavy atom. The number of hydrogen-bond donors (Lipinski definition) is 4. The third-order valence-electron chi connectivity index (χ3n) is 11.3. The van der Waals surface area contributed by atoms with Crippen molar-refractivity contribution in [2.75, 3.05) is 11.3 Å². The van der Waals surface area contributed by atoms with Crippen LogP contribution in [0.4, 0.5) is 19.7 Å². The molecule has 5 aliphatic rings. The Labute approximate surface area is 335 Å². The summed E-state index contributed by atoms with van der Waals surface area (Å²) in [6.07, 6.45) is 7.05. The highest BCUT2D eigenvalue weighted by atomic mass is 35.5. The van der Waals surface area contributed by atoms with Crippen molar-refractivity contribution >= 4 is 57.4 Å². The number of allylic oxidation sites excluding steroid dienone is 1. The molecule has 1 saturated heterocycles. The minimum atomic E-state index is -4.47. The molecule has 0 unspecified atom stereocenters. The Morgan fingerprint density at radius 3 is 2.44 bits per heavy atom. The molecule has 2 aromatic carbocycles. The lowest BCUT2D eigenvalue weighted by molar-refractivity contribution is -0.141. The van der Waals surface area contributed by atoms with E-state index in [1.54, 1.807) is 18.2 Å². The number of anilines is 1. The van der Waals surface area contributed by atoms with Crippen LogP contribution < -0.4 is 20.1 Å². The number of fused-ring (bicyclic) bond motifs is 3. The van der Waals surface area contributed by atoms with Gasteiger partial charge in [-0.3, -0.25) is 24.0 Å². The summed E-state index contributed by atoms with van der Waals surface area (Å²) in [5.74, 6) is -3.35. The summed E-state index contributed by atoms with van der Waals surface area (Å²) in [5.41, 5.74) is -0.515. The van der Waals surface area contributed by atoms with Gasteiger partial charge in [0.05, 0.1) is 18.8 Å². The minimum absolute atomic E-state index is 0.0163. The lowest BCUT2D eigenvalue weighted by Gasteiger charge is -2.30. The Morgan fingerprint density at radius 2 is 1.68 bits per heavy atom. The molecule has 3 aliphatic heterocycles. The Balaban J connectivity index is 1.12. The molecule has 7 rings (SSSR count). The molecule has 2 aliphatic carbocycles. The second kappa shape index (κ2) is 16.9. The summed E-state index contributed by atoms with van der Waals surface area (Å²) in [6.45, 7) is -0.115. The van der Waals surface area contributed by atoms with Crippen LogP contribution in [0.15, 0.2) is 54.6 Å². The molecule has 3 fully saturated rings. The number of carbonyl (C=O) groups excluding carboxylic acids is 5. The zero-order valence-electron chi connectivity index (χ0n) is 31.2. The number of ether oxygens (including phenoxy) is 2. The highest BCUT2D eigenvalue weighted by Gasteiger charge is 2.61. The fourth-order valence-electron chi connectivity index (χ4n) is 8.14. The molecule has 4 N–H and O–H groups in total. The van der Waals surface area contributed by atoms with E-state index < -0.39 is 75.6 Å². The number of alkyl carbamates (subject to hydrolysis) is 1. The number of rotatable bonds is 7. The van der Waals surface area contributed by atoms with E-state index in [2.05, 4.69) is 15.4 Å². The zero-order chi connectivity index (χ0) is 40.3. The molecule has 57 heavy (non-hydrogen) atoms. The van der Waals surface area contributed by atoms with E-state index in [-0.39, 0.29) is 50.7 Å². The van der Waals surface area contributed by atoms with Gasteiger partial charge in [0.2, 0.25) is 11.8 Å². The van der Waals surface area contributed by atoms with Crippen LogP contribution in [0.25, 0.3) is 0 Å². The van der Waals surface area contributed by atoms with Gasteiger partial charge in [-0.2, -0.15) is 8.42 Å². The van der Waals surface area contributed by atoms with Gasteiger partial charge in [0.25, 0.3) is 5.91 Å². The third kappa shape index (κ3) is 9.46. The van der Waals surface area contributed by atoms with Gasteiger partial charge < -0.3 is 25.0 Å². The van der Waals surface area contributed by atoms with E-state index >= 15 is 0 Å². The van der Waals surface area contributed by atoms with Crippen LogP contribution in [0.2, 0.25) is 5.02 Å². The first-order valence-corrected chi connectivity index (χ1v) is 21.2. The lowest BCUT2D eigenvalue weighted by atomic mass is 10.0. The van der Waals surface area contributed by atoms with Crippen molar-refractivity contribution in [2.24, 2.45) is 5.92 Å². The maximum atomic E-state index is 14.5. The lowest BCUT2D eigenvalue weighted by Crippen LogP contribution is -2.58. The zero-order valence-corrected chi connectivity index (χ0v) is 32.8. The van der Waals surface area contributed by atoms with Crippen molar-refractivity contribution in [3.8, 4) is 0 Å². The van der Waals surface area contributed by atoms with E-state index in [1.165, 1.54) is 40.1 Å². The first-order valence-electron chi connectivity index (χ1n) is 19.4. The second-order valence-corrected chi connectivity index (χ2v) is 17.2. The molecule has 306 valence electrons. The first kappa shape index (κ1) is 40.3. The summed E-state index contributed by atoms with van der Waals surface area (Å²) in [5, 5.41) is 5.87. The van der Waals surface area contributed by atoms with Crippen molar-refractivity contribution in [1.29, 1.82) is 0 Å². The molecular weight excluding hydrogens is 783 g/mol. The van der Waals surface area contributed by atoms with Gasteiger partial charge in [-0.1, -0.05) is 48.7 Å².